The van der Waals surface area contributed by atoms with E-state index in [4.69, 9.17) is 5.73 Å². The molecule has 0 saturated heterocycles. The Kier molecular flexibility index (Phi) is 3.05. The Morgan fingerprint density at radius 2 is 2.25 bits per heavy atom. The molecule has 2 aromatic rings. The first-order valence-electron chi connectivity index (χ1n) is 5.10. The van der Waals surface area contributed by atoms with Gasteiger partial charge in [0, 0.05) is 16.2 Å². The number of aromatic nitrogens is 2. The van der Waals surface area contributed by atoms with Crippen LogP contribution in [0.2, 0.25) is 0 Å². The Morgan fingerprint density at radius 3 is 2.81 bits per heavy atom. The van der Waals surface area contributed by atoms with Gasteiger partial charge in [0.25, 0.3) is 0 Å². The number of hydrogen-bond donors (Lipinski definition) is 2. The SMILES string of the molecule is CCc1ccc(CC(=O)c2cn[nH]c2N)s1. The number of carbonyl (C=O) groups is 1. The van der Waals surface area contributed by atoms with E-state index >= 15 is 0 Å². The molecular formula is C11H13N3OS. The number of H-pyrrole nitrogens is 1. The molecule has 2 rings (SSSR count). The van der Waals surface area contributed by atoms with Crippen molar-refractivity contribution in [3.05, 3.63) is 33.6 Å². The lowest BCUT2D eigenvalue weighted by Crippen LogP contribution is -2.04. The van der Waals surface area contributed by atoms with Gasteiger partial charge in [0.15, 0.2) is 5.78 Å². The third kappa shape index (κ3) is 2.14. The van der Waals surface area contributed by atoms with Gasteiger partial charge >= 0.3 is 0 Å². The quantitative estimate of drug-likeness (QED) is 0.796. The molecule has 2 heterocycles. The van der Waals surface area contributed by atoms with Gasteiger partial charge in [0.05, 0.1) is 11.8 Å². The molecule has 0 aliphatic carbocycles. The van der Waals surface area contributed by atoms with Crippen LogP contribution in [-0.4, -0.2) is 16.0 Å². The maximum Gasteiger partial charge on any atom is 0.173 e. The molecule has 0 unspecified atom stereocenters. The van der Waals surface area contributed by atoms with Crippen molar-refractivity contribution in [1.82, 2.24) is 10.2 Å². The van der Waals surface area contributed by atoms with E-state index in [0.29, 0.717) is 17.8 Å². The minimum atomic E-state index is 0.00996. The van der Waals surface area contributed by atoms with Crippen LogP contribution >= 0.6 is 11.3 Å². The zero-order valence-corrected chi connectivity index (χ0v) is 9.80. The summed E-state index contributed by atoms with van der Waals surface area (Å²) < 4.78 is 0. The Morgan fingerprint density at radius 1 is 1.50 bits per heavy atom. The van der Waals surface area contributed by atoms with Crippen LogP contribution in [0, 0.1) is 0 Å². The number of Topliss-reactive ketones (excluding diaryl/α,β-unsaturated/α-hetero) is 1. The maximum absolute atomic E-state index is 11.9. The van der Waals surface area contributed by atoms with Crippen molar-refractivity contribution in [2.75, 3.05) is 5.73 Å². The standard InChI is InChI=1S/C11H13N3OS/c1-2-7-3-4-8(16-7)5-10(15)9-6-13-14-11(9)12/h3-4,6H,2,5H2,1H3,(H3,12,13,14). The summed E-state index contributed by atoms with van der Waals surface area (Å²) in [5.74, 6) is 0.355. The topological polar surface area (TPSA) is 71.8 Å². The fraction of sp³-hybridized carbons (Fsp3) is 0.273. The van der Waals surface area contributed by atoms with Crippen LogP contribution in [-0.2, 0) is 12.8 Å². The van der Waals surface area contributed by atoms with Gasteiger partial charge in [-0.3, -0.25) is 9.89 Å². The van der Waals surface area contributed by atoms with E-state index in [2.05, 4.69) is 23.2 Å². The van der Waals surface area contributed by atoms with Gasteiger partial charge in [-0.05, 0) is 18.6 Å². The normalized spacial score (nSPS) is 10.6. The van der Waals surface area contributed by atoms with Crippen LogP contribution in [0.4, 0.5) is 5.82 Å². The van der Waals surface area contributed by atoms with E-state index in [1.807, 2.05) is 6.07 Å². The molecule has 4 nitrogen and oxygen atoms in total. The highest BCUT2D eigenvalue weighted by Gasteiger charge is 2.13. The number of nitrogens with two attached hydrogens (primary N) is 1. The fourth-order valence-corrected chi connectivity index (χ4v) is 2.44. The lowest BCUT2D eigenvalue weighted by atomic mass is 10.1. The first-order chi connectivity index (χ1) is 7.70. The van der Waals surface area contributed by atoms with Gasteiger partial charge in [-0.2, -0.15) is 5.10 Å². The number of ketones is 1. The summed E-state index contributed by atoms with van der Waals surface area (Å²) in [6.45, 7) is 2.10. The number of nitrogens with one attached hydrogen (secondary N) is 1. The molecule has 0 amide bonds. The first-order valence-corrected chi connectivity index (χ1v) is 5.92. The number of carbonyl (C=O) groups excluding carboxylic acids is 1. The van der Waals surface area contributed by atoms with E-state index in [0.717, 1.165) is 11.3 Å². The molecule has 3 N–H and O–H groups in total. The summed E-state index contributed by atoms with van der Waals surface area (Å²) in [5, 5.41) is 6.30. The number of nitrogen functional groups attached to an aromatic ring is 1. The predicted octanol–water partition coefficient (Wildman–Crippen LogP) is 2.04. The molecule has 0 radical (unpaired) electrons. The summed E-state index contributed by atoms with van der Waals surface area (Å²) in [7, 11) is 0. The minimum absolute atomic E-state index is 0.00996. The van der Waals surface area contributed by atoms with E-state index in [9.17, 15) is 4.79 Å². The predicted molar refractivity (Wildman–Crippen MR) is 64.7 cm³/mol. The second-order valence-electron chi connectivity index (χ2n) is 3.52. The molecule has 0 aliphatic heterocycles. The van der Waals surface area contributed by atoms with Gasteiger partial charge < -0.3 is 5.73 Å². The molecule has 0 saturated carbocycles. The van der Waals surface area contributed by atoms with Crippen LogP contribution in [0.5, 0.6) is 0 Å². The average molecular weight is 235 g/mol. The number of anilines is 1. The monoisotopic (exact) mass is 235 g/mol. The first kappa shape index (κ1) is 10.9. The van der Waals surface area contributed by atoms with Crippen molar-refractivity contribution in [2.24, 2.45) is 0 Å². The van der Waals surface area contributed by atoms with Crippen molar-refractivity contribution in [3.8, 4) is 0 Å². The van der Waals surface area contributed by atoms with Crippen LogP contribution in [0.3, 0.4) is 0 Å². The summed E-state index contributed by atoms with van der Waals surface area (Å²) in [4.78, 5) is 14.2. The van der Waals surface area contributed by atoms with Crippen LogP contribution in [0.15, 0.2) is 18.3 Å². The third-order valence-electron chi connectivity index (χ3n) is 2.37. The molecule has 16 heavy (non-hydrogen) atoms. The van der Waals surface area contributed by atoms with Gasteiger partial charge in [-0.1, -0.05) is 6.92 Å². The zero-order valence-electron chi connectivity index (χ0n) is 8.99. The fourth-order valence-electron chi connectivity index (χ4n) is 1.48. The number of thiophene rings is 1. The van der Waals surface area contributed by atoms with Crippen molar-refractivity contribution >= 4 is 22.9 Å². The number of aromatic amines is 1. The van der Waals surface area contributed by atoms with Crippen LogP contribution < -0.4 is 5.73 Å². The summed E-state index contributed by atoms with van der Waals surface area (Å²) in [6.07, 6.45) is 2.88. The van der Waals surface area contributed by atoms with Gasteiger partial charge in [-0.25, -0.2) is 0 Å². The Bertz CT molecular complexity index is 501. The van der Waals surface area contributed by atoms with Crippen molar-refractivity contribution < 1.29 is 4.79 Å². The van der Waals surface area contributed by atoms with E-state index in [-0.39, 0.29) is 5.78 Å². The van der Waals surface area contributed by atoms with Gasteiger partial charge in [0.2, 0.25) is 0 Å². The summed E-state index contributed by atoms with van der Waals surface area (Å²) >= 11 is 1.67. The zero-order chi connectivity index (χ0) is 11.5. The smallest absolute Gasteiger partial charge is 0.173 e. The number of rotatable bonds is 4. The molecule has 84 valence electrons. The molecule has 0 aromatic carbocycles. The van der Waals surface area contributed by atoms with Crippen molar-refractivity contribution in [2.45, 2.75) is 19.8 Å². The Balaban J connectivity index is 2.11. The molecule has 0 bridgehead atoms. The minimum Gasteiger partial charge on any atom is -0.383 e. The van der Waals surface area contributed by atoms with E-state index in [1.54, 1.807) is 11.3 Å². The summed E-state index contributed by atoms with van der Waals surface area (Å²) in [6, 6.07) is 4.06. The number of aryl methyl sites for hydroxylation is 1. The van der Waals surface area contributed by atoms with Gasteiger partial charge in [0.1, 0.15) is 5.82 Å². The third-order valence-corrected chi connectivity index (χ3v) is 3.60. The van der Waals surface area contributed by atoms with Crippen molar-refractivity contribution in [1.29, 1.82) is 0 Å². The van der Waals surface area contributed by atoms with E-state index in [1.165, 1.54) is 11.1 Å². The Hall–Kier alpha value is -1.62. The molecule has 0 spiro atoms. The second-order valence-corrected chi connectivity index (χ2v) is 4.77. The molecule has 5 heteroatoms. The lowest BCUT2D eigenvalue weighted by molar-refractivity contribution is 0.0994. The highest BCUT2D eigenvalue weighted by Crippen LogP contribution is 2.19. The summed E-state index contributed by atoms with van der Waals surface area (Å²) in [5.41, 5.74) is 6.07. The molecular weight excluding hydrogens is 222 g/mol. The molecule has 2 aromatic heterocycles. The number of nitrogens with zero attached hydrogens (tertiary/aromatic N) is 1. The highest BCUT2D eigenvalue weighted by molar-refractivity contribution is 7.12. The largest absolute Gasteiger partial charge is 0.383 e. The molecule has 0 aliphatic rings. The van der Waals surface area contributed by atoms with Crippen molar-refractivity contribution in [3.63, 3.8) is 0 Å². The molecule has 0 fully saturated rings. The number of hydrogen-bond acceptors (Lipinski definition) is 4. The van der Waals surface area contributed by atoms with E-state index < -0.39 is 0 Å². The second kappa shape index (κ2) is 4.49. The Labute approximate surface area is 97.5 Å². The van der Waals surface area contributed by atoms with Crippen LogP contribution in [0.1, 0.15) is 27.0 Å². The van der Waals surface area contributed by atoms with Gasteiger partial charge in [-0.15, -0.1) is 11.3 Å². The maximum atomic E-state index is 11.9. The average Bonchev–Trinajstić information content (AvgIpc) is 2.86. The van der Waals surface area contributed by atoms with Crippen LogP contribution in [0.25, 0.3) is 0 Å². The highest BCUT2D eigenvalue weighted by atomic mass is 32.1. The molecule has 0 atom stereocenters. The lowest BCUT2D eigenvalue weighted by Gasteiger charge is -1.96.